The van der Waals surface area contributed by atoms with Crippen LogP contribution in [0, 0.1) is 12.8 Å². The molecule has 1 aliphatic rings. The molecule has 2 heterocycles. The van der Waals surface area contributed by atoms with Crippen LogP contribution in [-0.4, -0.2) is 11.5 Å². The summed E-state index contributed by atoms with van der Waals surface area (Å²) in [7, 11) is 0. The van der Waals surface area contributed by atoms with E-state index in [4.69, 9.17) is 0 Å². The first-order chi connectivity index (χ1) is 9.83. The smallest absolute Gasteiger partial charge is 0.107 e. The minimum atomic E-state index is 0.891. The average molecular weight is 306 g/mol. The predicted octanol–water partition coefficient (Wildman–Crippen LogP) is 4.85. The van der Waals surface area contributed by atoms with E-state index in [0.717, 1.165) is 19.0 Å². The van der Waals surface area contributed by atoms with E-state index >= 15 is 0 Å². The Kier molecular flexibility index (Phi) is 4.86. The van der Waals surface area contributed by atoms with E-state index in [0.29, 0.717) is 0 Å². The Morgan fingerprint density at radius 2 is 2.15 bits per heavy atom. The number of rotatable bonds is 5. The number of thiophene rings is 1. The van der Waals surface area contributed by atoms with Crippen molar-refractivity contribution >= 4 is 22.7 Å². The van der Waals surface area contributed by atoms with Crippen LogP contribution < -0.4 is 5.32 Å². The topological polar surface area (TPSA) is 24.9 Å². The van der Waals surface area contributed by atoms with E-state index in [1.54, 1.807) is 0 Å². The van der Waals surface area contributed by atoms with Crippen molar-refractivity contribution < 1.29 is 0 Å². The minimum Gasteiger partial charge on any atom is -0.310 e. The molecular formula is C16H22N2S2. The van der Waals surface area contributed by atoms with Crippen LogP contribution in [0.25, 0.3) is 9.75 Å². The van der Waals surface area contributed by atoms with Crippen LogP contribution in [0.1, 0.15) is 42.7 Å². The summed E-state index contributed by atoms with van der Waals surface area (Å²) in [5.41, 5.74) is 1.36. The van der Waals surface area contributed by atoms with Gasteiger partial charge in [0.2, 0.25) is 0 Å². The maximum atomic E-state index is 4.56. The van der Waals surface area contributed by atoms with E-state index < -0.39 is 0 Å². The van der Waals surface area contributed by atoms with Crippen molar-refractivity contribution in [3.8, 4) is 9.75 Å². The van der Waals surface area contributed by atoms with Gasteiger partial charge < -0.3 is 5.32 Å². The Morgan fingerprint density at radius 1 is 1.30 bits per heavy atom. The lowest BCUT2D eigenvalue weighted by Gasteiger charge is -2.21. The number of hydrogen-bond acceptors (Lipinski definition) is 4. The standard InChI is InChI=1S/C16H22N2S2/c1-12-7-8-19-16(12)14-10-18-15(20-14)11-17-9-13-5-3-2-4-6-13/h7-8,10,13,17H,2-6,9,11H2,1H3. The quantitative estimate of drug-likeness (QED) is 0.854. The second-order valence-corrected chi connectivity index (χ2v) is 7.72. The van der Waals surface area contributed by atoms with Gasteiger partial charge in [-0.05, 0) is 49.2 Å². The molecule has 0 unspecified atom stereocenters. The molecule has 3 rings (SSSR count). The Hall–Kier alpha value is -0.710. The largest absolute Gasteiger partial charge is 0.310 e. The zero-order valence-corrected chi connectivity index (χ0v) is 13.7. The summed E-state index contributed by atoms with van der Waals surface area (Å²) < 4.78 is 0. The van der Waals surface area contributed by atoms with Crippen LogP contribution in [-0.2, 0) is 6.54 Å². The molecule has 2 nitrogen and oxygen atoms in total. The van der Waals surface area contributed by atoms with Crippen molar-refractivity contribution in [2.45, 2.75) is 45.6 Å². The Balaban J connectivity index is 1.51. The second-order valence-electron chi connectivity index (χ2n) is 5.69. The molecule has 0 bridgehead atoms. The average Bonchev–Trinajstić information content (AvgIpc) is 3.09. The first-order valence-electron chi connectivity index (χ1n) is 7.53. The Morgan fingerprint density at radius 3 is 2.90 bits per heavy atom. The molecule has 1 saturated carbocycles. The summed E-state index contributed by atoms with van der Waals surface area (Å²) in [5, 5.41) is 6.97. The van der Waals surface area contributed by atoms with Gasteiger partial charge in [-0.3, -0.25) is 0 Å². The molecular weight excluding hydrogens is 284 g/mol. The molecule has 0 radical (unpaired) electrons. The summed E-state index contributed by atoms with van der Waals surface area (Å²) in [5.74, 6) is 0.891. The molecule has 0 saturated heterocycles. The molecule has 1 aliphatic carbocycles. The number of aryl methyl sites for hydroxylation is 1. The highest BCUT2D eigenvalue weighted by molar-refractivity contribution is 7.21. The van der Waals surface area contributed by atoms with Crippen molar-refractivity contribution in [1.29, 1.82) is 0 Å². The number of aromatic nitrogens is 1. The Labute approximate surface area is 129 Å². The SMILES string of the molecule is Cc1ccsc1-c1cnc(CNCC2CCCCC2)s1. The van der Waals surface area contributed by atoms with Crippen molar-refractivity contribution in [3.05, 3.63) is 28.2 Å². The molecule has 108 valence electrons. The Bertz CT molecular complexity index is 538. The summed E-state index contributed by atoms with van der Waals surface area (Å²) in [4.78, 5) is 7.25. The van der Waals surface area contributed by atoms with E-state index in [-0.39, 0.29) is 0 Å². The highest BCUT2D eigenvalue weighted by Crippen LogP contribution is 2.33. The maximum absolute atomic E-state index is 4.56. The molecule has 0 aliphatic heterocycles. The monoisotopic (exact) mass is 306 g/mol. The molecule has 0 spiro atoms. The number of nitrogens with one attached hydrogen (secondary N) is 1. The van der Waals surface area contributed by atoms with E-state index in [9.17, 15) is 0 Å². The van der Waals surface area contributed by atoms with Gasteiger partial charge in [0, 0.05) is 17.6 Å². The van der Waals surface area contributed by atoms with Gasteiger partial charge in [-0.25, -0.2) is 4.98 Å². The third-order valence-electron chi connectivity index (χ3n) is 4.07. The van der Waals surface area contributed by atoms with Gasteiger partial charge in [-0.15, -0.1) is 22.7 Å². The van der Waals surface area contributed by atoms with Crippen molar-refractivity contribution in [2.75, 3.05) is 6.54 Å². The molecule has 2 aromatic heterocycles. The van der Waals surface area contributed by atoms with Gasteiger partial charge in [0.05, 0.1) is 4.88 Å². The fraction of sp³-hybridized carbons (Fsp3) is 0.562. The fourth-order valence-corrected chi connectivity index (χ4v) is 4.89. The highest BCUT2D eigenvalue weighted by Gasteiger charge is 2.13. The van der Waals surface area contributed by atoms with Crippen molar-refractivity contribution in [1.82, 2.24) is 10.3 Å². The van der Waals surface area contributed by atoms with Crippen LogP contribution in [0.5, 0.6) is 0 Å². The second kappa shape index (κ2) is 6.83. The molecule has 4 heteroatoms. The van der Waals surface area contributed by atoms with Gasteiger partial charge in [0.25, 0.3) is 0 Å². The van der Waals surface area contributed by atoms with Gasteiger partial charge in [-0.2, -0.15) is 0 Å². The lowest BCUT2D eigenvalue weighted by atomic mass is 9.89. The highest BCUT2D eigenvalue weighted by atomic mass is 32.1. The van der Waals surface area contributed by atoms with Gasteiger partial charge in [-0.1, -0.05) is 19.3 Å². The maximum Gasteiger partial charge on any atom is 0.107 e. The summed E-state index contributed by atoms with van der Waals surface area (Å²) >= 11 is 3.64. The normalized spacial score (nSPS) is 16.6. The zero-order chi connectivity index (χ0) is 13.8. The summed E-state index contributed by atoms with van der Waals surface area (Å²) in [6.07, 6.45) is 9.12. The molecule has 2 aromatic rings. The lowest BCUT2D eigenvalue weighted by molar-refractivity contribution is 0.342. The van der Waals surface area contributed by atoms with Crippen LogP contribution in [0.15, 0.2) is 17.6 Å². The van der Waals surface area contributed by atoms with Gasteiger partial charge in [0.1, 0.15) is 5.01 Å². The van der Waals surface area contributed by atoms with Crippen molar-refractivity contribution in [3.63, 3.8) is 0 Å². The first kappa shape index (κ1) is 14.2. The molecule has 0 amide bonds. The van der Waals surface area contributed by atoms with Crippen LogP contribution in [0.2, 0.25) is 0 Å². The van der Waals surface area contributed by atoms with Crippen LogP contribution in [0.4, 0.5) is 0 Å². The number of thiazole rings is 1. The van der Waals surface area contributed by atoms with Crippen LogP contribution in [0.3, 0.4) is 0 Å². The van der Waals surface area contributed by atoms with Gasteiger partial charge >= 0.3 is 0 Å². The molecule has 20 heavy (non-hydrogen) atoms. The van der Waals surface area contributed by atoms with E-state index in [2.05, 4.69) is 28.7 Å². The third-order valence-corrected chi connectivity index (χ3v) is 6.27. The van der Waals surface area contributed by atoms with Crippen molar-refractivity contribution in [2.24, 2.45) is 5.92 Å². The molecule has 1 N–H and O–H groups in total. The number of hydrogen-bond donors (Lipinski definition) is 1. The first-order valence-corrected chi connectivity index (χ1v) is 9.22. The summed E-state index contributed by atoms with van der Waals surface area (Å²) in [6, 6.07) is 2.18. The summed E-state index contributed by atoms with van der Waals surface area (Å²) in [6.45, 7) is 4.26. The number of nitrogens with zero attached hydrogens (tertiary/aromatic N) is 1. The van der Waals surface area contributed by atoms with E-state index in [1.807, 2.05) is 28.9 Å². The molecule has 0 aromatic carbocycles. The fourth-order valence-electron chi connectivity index (χ4n) is 2.90. The van der Waals surface area contributed by atoms with E-state index in [1.165, 1.54) is 52.4 Å². The zero-order valence-electron chi connectivity index (χ0n) is 12.0. The molecule has 1 fully saturated rings. The lowest BCUT2D eigenvalue weighted by Crippen LogP contribution is -2.24. The van der Waals surface area contributed by atoms with Crippen LogP contribution >= 0.6 is 22.7 Å². The predicted molar refractivity (Wildman–Crippen MR) is 88.4 cm³/mol. The minimum absolute atomic E-state index is 0.891. The third kappa shape index (κ3) is 3.48. The molecule has 0 atom stereocenters. The van der Waals surface area contributed by atoms with Gasteiger partial charge in [0.15, 0.2) is 0 Å².